The molecular weight excluding hydrogens is 83.0 g/mol. The molecule has 0 amide bonds. The monoisotopic (exact) mass is 88.0 g/mol. The van der Waals surface area contributed by atoms with Crippen molar-refractivity contribution >= 4 is 6.29 Å². The first kappa shape index (κ1) is 5.34. The molecule has 0 unspecified atom stereocenters. The average molecular weight is 88.1 g/mol. The van der Waals surface area contributed by atoms with E-state index >= 15 is 0 Å². The number of hydrogen-bond donors (Lipinski definition) is 0. The van der Waals surface area contributed by atoms with Crippen LogP contribution in [0.3, 0.4) is 0 Å². The van der Waals surface area contributed by atoms with E-state index in [0.717, 1.165) is 12.2 Å². The van der Waals surface area contributed by atoms with Crippen LogP contribution in [0.2, 0.25) is 0 Å². The highest BCUT2D eigenvalue weighted by Crippen LogP contribution is 1.66. The number of carbonyl (C=O) groups excluding carboxylic acids is 1. The van der Waals surface area contributed by atoms with Crippen LogP contribution >= 0.6 is 0 Å². The Hall–Kier alpha value is -0.660. The third kappa shape index (κ3) is 3.34. The molecule has 0 aromatic rings. The van der Waals surface area contributed by atoms with Crippen LogP contribution in [0.5, 0.6) is 0 Å². The minimum atomic E-state index is -0.557. The second-order valence-corrected chi connectivity index (χ2v) is 0.719. The van der Waals surface area contributed by atoms with Gasteiger partial charge < -0.3 is 0 Å². The standard InChI is InChI=1S/C4H5FO/c5-3-1-2-4-6/h1-2,4H,3H2/b2-1-. The summed E-state index contributed by atoms with van der Waals surface area (Å²) >= 11 is 0. The van der Waals surface area contributed by atoms with Gasteiger partial charge in [-0.25, -0.2) is 4.39 Å². The van der Waals surface area contributed by atoms with Crippen molar-refractivity contribution in [2.45, 2.75) is 0 Å². The molecule has 0 spiro atoms. The zero-order valence-corrected chi connectivity index (χ0v) is 3.23. The molecule has 6 heavy (non-hydrogen) atoms. The van der Waals surface area contributed by atoms with Crippen LogP contribution in [0.1, 0.15) is 0 Å². The molecule has 0 heterocycles. The van der Waals surface area contributed by atoms with E-state index in [-0.39, 0.29) is 0 Å². The summed E-state index contributed by atoms with van der Waals surface area (Å²) in [5.41, 5.74) is 0. The summed E-state index contributed by atoms with van der Waals surface area (Å²) in [5.74, 6) is 0. The van der Waals surface area contributed by atoms with Gasteiger partial charge in [-0.3, -0.25) is 4.79 Å². The second kappa shape index (κ2) is 4.34. The van der Waals surface area contributed by atoms with Gasteiger partial charge in [0.25, 0.3) is 0 Å². The summed E-state index contributed by atoms with van der Waals surface area (Å²) in [6.07, 6.45) is 2.81. The van der Waals surface area contributed by atoms with Crippen molar-refractivity contribution in [3.63, 3.8) is 0 Å². The van der Waals surface area contributed by atoms with Crippen LogP contribution in [-0.2, 0) is 4.79 Å². The van der Waals surface area contributed by atoms with Crippen molar-refractivity contribution in [2.75, 3.05) is 6.67 Å². The Morgan fingerprint density at radius 1 is 1.67 bits per heavy atom. The van der Waals surface area contributed by atoms with Crippen LogP contribution in [0.25, 0.3) is 0 Å². The Labute approximate surface area is 35.5 Å². The number of aldehydes is 1. The molecule has 1 nitrogen and oxygen atoms in total. The van der Waals surface area contributed by atoms with Crippen molar-refractivity contribution < 1.29 is 9.18 Å². The van der Waals surface area contributed by atoms with Gasteiger partial charge in [-0.05, 0) is 6.08 Å². The van der Waals surface area contributed by atoms with Crippen molar-refractivity contribution in [3.8, 4) is 0 Å². The molecule has 0 rings (SSSR count). The highest BCUT2D eigenvalue weighted by molar-refractivity contribution is 5.64. The molecule has 0 aliphatic rings. The van der Waals surface area contributed by atoms with E-state index < -0.39 is 6.67 Å². The van der Waals surface area contributed by atoms with Gasteiger partial charge >= 0.3 is 0 Å². The van der Waals surface area contributed by atoms with E-state index in [1.165, 1.54) is 0 Å². The second-order valence-electron chi connectivity index (χ2n) is 0.719. The zero-order valence-electron chi connectivity index (χ0n) is 3.23. The molecule has 0 saturated heterocycles. The molecular formula is C4H5FO. The van der Waals surface area contributed by atoms with Gasteiger partial charge in [-0.15, -0.1) is 0 Å². The van der Waals surface area contributed by atoms with Crippen LogP contribution in [0, 0.1) is 0 Å². The molecule has 0 aliphatic heterocycles. The molecule has 0 aromatic carbocycles. The van der Waals surface area contributed by atoms with Gasteiger partial charge in [0.1, 0.15) is 13.0 Å². The van der Waals surface area contributed by atoms with Crippen LogP contribution in [-0.4, -0.2) is 13.0 Å². The molecule has 34 valence electrons. The maximum Gasteiger partial charge on any atom is 0.142 e. The Morgan fingerprint density at radius 3 is 2.50 bits per heavy atom. The van der Waals surface area contributed by atoms with Crippen molar-refractivity contribution in [1.82, 2.24) is 0 Å². The van der Waals surface area contributed by atoms with E-state index in [0.29, 0.717) is 6.29 Å². The van der Waals surface area contributed by atoms with E-state index in [1.807, 2.05) is 0 Å². The minimum Gasteiger partial charge on any atom is -0.299 e. The van der Waals surface area contributed by atoms with Crippen LogP contribution in [0.4, 0.5) is 4.39 Å². The lowest BCUT2D eigenvalue weighted by atomic mass is 10.6. The SMILES string of the molecule is O=C/C=C\CF. The van der Waals surface area contributed by atoms with Gasteiger partial charge in [0.15, 0.2) is 0 Å². The first-order chi connectivity index (χ1) is 2.91. The topological polar surface area (TPSA) is 17.1 Å². The fourth-order valence-corrected chi connectivity index (χ4v) is 0.107. The lowest BCUT2D eigenvalue weighted by Crippen LogP contribution is -1.61. The summed E-state index contributed by atoms with van der Waals surface area (Å²) in [5, 5.41) is 0. The number of hydrogen-bond acceptors (Lipinski definition) is 1. The smallest absolute Gasteiger partial charge is 0.142 e. The number of rotatable bonds is 2. The normalized spacial score (nSPS) is 9.50. The fourth-order valence-electron chi connectivity index (χ4n) is 0.107. The van der Waals surface area contributed by atoms with E-state index in [1.54, 1.807) is 0 Å². The largest absolute Gasteiger partial charge is 0.299 e. The molecule has 0 aromatic heterocycles. The number of allylic oxidation sites excluding steroid dienone is 2. The molecule has 0 bridgehead atoms. The van der Waals surface area contributed by atoms with E-state index in [2.05, 4.69) is 0 Å². The predicted octanol–water partition coefficient (Wildman–Crippen LogP) is 0.711. The van der Waals surface area contributed by atoms with E-state index in [9.17, 15) is 9.18 Å². The molecule has 0 radical (unpaired) electrons. The molecule has 0 atom stereocenters. The van der Waals surface area contributed by atoms with Crippen molar-refractivity contribution in [3.05, 3.63) is 12.2 Å². The maximum absolute atomic E-state index is 10.9. The predicted molar refractivity (Wildman–Crippen MR) is 21.2 cm³/mol. The number of halogens is 1. The lowest BCUT2D eigenvalue weighted by molar-refractivity contribution is -0.104. The third-order valence-electron chi connectivity index (χ3n) is 0.304. The Balaban J connectivity index is 2.94. The minimum absolute atomic E-state index is 0.541. The zero-order chi connectivity index (χ0) is 4.83. The summed E-state index contributed by atoms with van der Waals surface area (Å²) in [6.45, 7) is -0.557. The lowest BCUT2D eigenvalue weighted by Gasteiger charge is -1.62. The summed E-state index contributed by atoms with van der Waals surface area (Å²) in [6, 6.07) is 0. The van der Waals surface area contributed by atoms with Crippen LogP contribution < -0.4 is 0 Å². The average Bonchev–Trinajstić information content (AvgIpc) is 1.61. The molecule has 0 N–H and O–H groups in total. The van der Waals surface area contributed by atoms with Gasteiger partial charge in [-0.1, -0.05) is 6.08 Å². The van der Waals surface area contributed by atoms with Gasteiger partial charge in [0, 0.05) is 0 Å². The van der Waals surface area contributed by atoms with Crippen LogP contribution in [0.15, 0.2) is 12.2 Å². The third-order valence-corrected chi connectivity index (χ3v) is 0.304. The quantitative estimate of drug-likeness (QED) is 0.359. The van der Waals surface area contributed by atoms with Gasteiger partial charge in [0.05, 0.1) is 0 Å². The highest BCUT2D eigenvalue weighted by atomic mass is 19.1. The molecule has 0 saturated carbocycles. The fraction of sp³-hybridized carbons (Fsp3) is 0.250. The van der Waals surface area contributed by atoms with E-state index in [4.69, 9.17) is 0 Å². The number of alkyl halides is 1. The summed E-state index contributed by atoms with van der Waals surface area (Å²) in [7, 11) is 0. The summed E-state index contributed by atoms with van der Waals surface area (Å²) in [4.78, 5) is 9.31. The first-order valence-corrected chi connectivity index (χ1v) is 1.58. The van der Waals surface area contributed by atoms with Crippen molar-refractivity contribution in [1.29, 1.82) is 0 Å². The Morgan fingerprint density at radius 2 is 2.33 bits per heavy atom. The Bertz CT molecular complexity index is 58.6. The first-order valence-electron chi connectivity index (χ1n) is 1.58. The maximum atomic E-state index is 10.9. The van der Waals surface area contributed by atoms with Gasteiger partial charge in [0.2, 0.25) is 0 Å². The molecule has 0 fully saturated rings. The molecule has 0 aliphatic carbocycles. The van der Waals surface area contributed by atoms with Gasteiger partial charge in [-0.2, -0.15) is 0 Å². The van der Waals surface area contributed by atoms with Crippen molar-refractivity contribution in [2.24, 2.45) is 0 Å². The highest BCUT2D eigenvalue weighted by Gasteiger charge is 1.61. The molecule has 2 heteroatoms. The Kier molecular flexibility index (Phi) is 3.86. The summed E-state index contributed by atoms with van der Waals surface area (Å²) < 4.78 is 10.9. The number of carbonyl (C=O) groups is 1.